The van der Waals surface area contributed by atoms with Gasteiger partial charge >= 0.3 is 12.1 Å². The second-order valence-corrected chi connectivity index (χ2v) is 6.23. The van der Waals surface area contributed by atoms with Gasteiger partial charge in [-0.15, -0.1) is 21.5 Å². The summed E-state index contributed by atoms with van der Waals surface area (Å²) in [5.41, 5.74) is 1.12. The van der Waals surface area contributed by atoms with Crippen LogP contribution in [0.5, 0.6) is 0 Å². The summed E-state index contributed by atoms with van der Waals surface area (Å²) in [6, 6.07) is 1.85. The van der Waals surface area contributed by atoms with E-state index >= 15 is 0 Å². The fourth-order valence-electron chi connectivity index (χ4n) is 1.86. The summed E-state index contributed by atoms with van der Waals surface area (Å²) in [5.74, 6) is -0.784. The van der Waals surface area contributed by atoms with E-state index in [1.807, 2.05) is 19.9 Å². The van der Waals surface area contributed by atoms with Crippen LogP contribution in [0.4, 0.5) is 13.2 Å². The lowest BCUT2D eigenvalue weighted by molar-refractivity contribution is -0.156. The highest BCUT2D eigenvalue weighted by Crippen LogP contribution is 2.39. The molecule has 0 aliphatic carbocycles. The lowest BCUT2D eigenvalue weighted by atomic mass is 9.99. The standard InChI is InChI=1S/C13H15F3N2OS/c1-6(2)8-5-9(20-10(8)7(3)4)11-17-18-12(19-11)13(14,15)16/h5-7H,1-4H3. The van der Waals surface area contributed by atoms with Crippen molar-refractivity contribution in [2.45, 2.75) is 45.7 Å². The van der Waals surface area contributed by atoms with E-state index in [1.54, 1.807) is 0 Å². The van der Waals surface area contributed by atoms with Crippen LogP contribution in [0.1, 0.15) is 55.9 Å². The molecule has 0 aromatic carbocycles. The van der Waals surface area contributed by atoms with E-state index in [0.717, 1.165) is 10.4 Å². The molecule has 0 saturated heterocycles. The van der Waals surface area contributed by atoms with Crippen LogP contribution in [0, 0.1) is 0 Å². The van der Waals surface area contributed by atoms with Crippen molar-refractivity contribution < 1.29 is 17.6 Å². The molecule has 0 aliphatic heterocycles. The average molecular weight is 304 g/mol. The van der Waals surface area contributed by atoms with E-state index in [1.165, 1.54) is 11.3 Å². The summed E-state index contributed by atoms with van der Waals surface area (Å²) in [4.78, 5) is 1.72. The summed E-state index contributed by atoms with van der Waals surface area (Å²) < 4.78 is 42.1. The van der Waals surface area contributed by atoms with Crippen molar-refractivity contribution in [3.05, 3.63) is 22.4 Å². The van der Waals surface area contributed by atoms with Gasteiger partial charge in [0.1, 0.15) is 0 Å². The largest absolute Gasteiger partial charge is 0.470 e. The fourth-order valence-corrected chi connectivity index (χ4v) is 3.11. The maximum Gasteiger partial charge on any atom is 0.470 e. The summed E-state index contributed by atoms with van der Waals surface area (Å²) >= 11 is 1.41. The van der Waals surface area contributed by atoms with Crippen molar-refractivity contribution in [3.8, 4) is 10.8 Å². The molecule has 0 amide bonds. The fraction of sp³-hybridized carbons (Fsp3) is 0.538. The van der Waals surface area contributed by atoms with Gasteiger partial charge in [-0.3, -0.25) is 0 Å². The van der Waals surface area contributed by atoms with Crippen LogP contribution in [0.15, 0.2) is 10.5 Å². The van der Waals surface area contributed by atoms with E-state index < -0.39 is 12.1 Å². The Hall–Kier alpha value is -1.37. The molecule has 7 heteroatoms. The molecule has 20 heavy (non-hydrogen) atoms. The Bertz CT molecular complexity index is 574. The number of rotatable bonds is 3. The first-order chi connectivity index (χ1) is 9.20. The average Bonchev–Trinajstić information content (AvgIpc) is 2.94. The predicted octanol–water partition coefficient (Wildman–Crippen LogP) is 5.06. The SMILES string of the molecule is CC(C)c1cc(-c2nnc(C(F)(F)F)o2)sc1C(C)C. The number of thiophene rings is 1. The monoisotopic (exact) mass is 304 g/mol. The Morgan fingerprint density at radius 1 is 1.10 bits per heavy atom. The molecule has 0 atom stereocenters. The Balaban J connectivity index is 2.43. The van der Waals surface area contributed by atoms with Gasteiger partial charge in [-0.1, -0.05) is 27.7 Å². The van der Waals surface area contributed by atoms with Crippen LogP contribution in [0.2, 0.25) is 0 Å². The molecule has 110 valence electrons. The second-order valence-electron chi connectivity index (χ2n) is 5.15. The van der Waals surface area contributed by atoms with Gasteiger partial charge in [-0.25, -0.2) is 0 Å². The molecular formula is C13H15F3N2OS. The zero-order valence-electron chi connectivity index (χ0n) is 11.6. The molecule has 0 N–H and O–H groups in total. The van der Waals surface area contributed by atoms with Crippen molar-refractivity contribution in [3.63, 3.8) is 0 Å². The molecule has 0 spiro atoms. The number of nitrogens with zero attached hydrogens (tertiary/aromatic N) is 2. The first kappa shape index (κ1) is 15.0. The van der Waals surface area contributed by atoms with E-state index in [0.29, 0.717) is 16.7 Å². The van der Waals surface area contributed by atoms with Crippen LogP contribution in [0.25, 0.3) is 10.8 Å². The van der Waals surface area contributed by atoms with Crippen molar-refractivity contribution in [2.75, 3.05) is 0 Å². The summed E-state index contributed by atoms with van der Waals surface area (Å²) in [7, 11) is 0. The smallest absolute Gasteiger partial charge is 0.412 e. The van der Waals surface area contributed by atoms with Gasteiger partial charge in [0.25, 0.3) is 5.89 Å². The Labute approximate surface area is 118 Å². The van der Waals surface area contributed by atoms with Crippen LogP contribution in [0.3, 0.4) is 0 Å². The normalized spacial score (nSPS) is 12.7. The zero-order valence-corrected chi connectivity index (χ0v) is 12.4. The molecule has 2 heterocycles. The summed E-state index contributed by atoms with van der Waals surface area (Å²) in [6.07, 6.45) is -4.61. The number of halogens is 3. The Kier molecular flexibility index (Phi) is 3.90. The van der Waals surface area contributed by atoms with E-state index in [-0.39, 0.29) is 5.89 Å². The zero-order chi connectivity index (χ0) is 15.1. The maximum atomic E-state index is 12.5. The second kappa shape index (κ2) is 5.20. The minimum absolute atomic E-state index is 0.0730. The Morgan fingerprint density at radius 3 is 2.15 bits per heavy atom. The molecule has 0 unspecified atom stereocenters. The van der Waals surface area contributed by atoms with Gasteiger partial charge < -0.3 is 4.42 Å². The molecule has 2 aromatic rings. The number of hydrogen-bond donors (Lipinski definition) is 0. The third-order valence-electron chi connectivity index (χ3n) is 2.82. The predicted molar refractivity (Wildman–Crippen MR) is 70.8 cm³/mol. The quantitative estimate of drug-likeness (QED) is 0.795. The highest BCUT2D eigenvalue weighted by Gasteiger charge is 2.38. The molecule has 2 aromatic heterocycles. The lowest BCUT2D eigenvalue weighted by Crippen LogP contribution is -2.04. The number of hydrogen-bond acceptors (Lipinski definition) is 4. The van der Waals surface area contributed by atoms with E-state index in [2.05, 4.69) is 24.0 Å². The molecule has 0 fully saturated rings. The van der Waals surface area contributed by atoms with E-state index in [9.17, 15) is 13.2 Å². The molecule has 0 radical (unpaired) electrons. The van der Waals surface area contributed by atoms with Crippen LogP contribution < -0.4 is 0 Å². The summed E-state index contributed by atoms with van der Waals surface area (Å²) in [5, 5.41) is 6.56. The maximum absolute atomic E-state index is 12.5. The molecular weight excluding hydrogens is 289 g/mol. The van der Waals surface area contributed by atoms with Crippen molar-refractivity contribution >= 4 is 11.3 Å². The van der Waals surface area contributed by atoms with Gasteiger partial charge in [0.15, 0.2) is 0 Å². The third kappa shape index (κ3) is 2.87. The van der Waals surface area contributed by atoms with Crippen molar-refractivity contribution in [1.82, 2.24) is 10.2 Å². The Morgan fingerprint density at radius 2 is 1.75 bits per heavy atom. The van der Waals surface area contributed by atoms with Crippen LogP contribution >= 0.6 is 11.3 Å². The highest BCUT2D eigenvalue weighted by atomic mass is 32.1. The topological polar surface area (TPSA) is 38.9 Å². The number of alkyl halides is 3. The molecule has 0 bridgehead atoms. The third-order valence-corrected chi connectivity index (χ3v) is 4.26. The minimum atomic E-state index is -4.61. The lowest BCUT2D eigenvalue weighted by Gasteiger charge is -2.08. The number of aromatic nitrogens is 2. The first-order valence-corrected chi connectivity index (χ1v) is 7.06. The first-order valence-electron chi connectivity index (χ1n) is 6.24. The van der Waals surface area contributed by atoms with E-state index in [4.69, 9.17) is 4.42 Å². The molecule has 2 rings (SSSR count). The van der Waals surface area contributed by atoms with Gasteiger partial charge in [-0.05, 0) is 23.5 Å². The van der Waals surface area contributed by atoms with Gasteiger partial charge in [-0.2, -0.15) is 13.2 Å². The molecule has 3 nitrogen and oxygen atoms in total. The minimum Gasteiger partial charge on any atom is -0.412 e. The highest BCUT2D eigenvalue weighted by molar-refractivity contribution is 7.15. The summed E-state index contributed by atoms with van der Waals surface area (Å²) in [6.45, 7) is 8.20. The van der Waals surface area contributed by atoms with Crippen LogP contribution in [-0.2, 0) is 6.18 Å². The van der Waals surface area contributed by atoms with Crippen molar-refractivity contribution in [2.24, 2.45) is 0 Å². The van der Waals surface area contributed by atoms with Crippen LogP contribution in [-0.4, -0.2) is 10.2 Å². The molecule has 0 saturated carbocycles. The van der Waals surface area contributed by atoms with Crippen molar-refractivity contribution in [1.29, 1.82) is 0 Å². The van der Waals surface area contributed by atoms with Gasteiger partial charge in [0.05, 0.1) is 4.88 Å². The molecule has 0 aliphatic rings. The van der Waals surface area contributed by atoms with Gasteiger partial charge in [0.2, 0.25) is 0 Å². The van der Waals surface area contributed by atoms with Gasteiger partial charge in [0, 0.05) is 4.88 Å².